The van der Waals surface area contributed by atoms with Gasteiger partial charge in [-0.05, 0) is 69.8 Å². The maximum absolute atomic E-state index is 6.66. The predicted octanol–water partition coefficient (Wildman–Crippen LogP) is 13.2. The molecule has 262 valence electrons. The summed E-state index contributed by atoms with van der Waals surface area (Å²) in [6.07, 6.45) is 0. The van der Waals surface area contributed by atoms with Crippen LogP contribution in [0.3, 0.4) is 0 Å². The van der Waals surface area contributed by atoms with Crippen LogP contribution in [0.15, 0.2) is 199 Å². The van der Waals surface area contributed by atoms with Crippen molar-refractivity contribution in [3.8, 4) is 62.1 Å². The van der Waals surface area contributed by atoms with Gasteiger partial charge in [0.05, 0.1) is 5.52 Å². The van der Waals surface area contributed by atoms with E-state index in [9.17, 15) is 0 Å². The molecule has 0 saturated heterocycles. The van der Waals surface area contributed by atoms with Crippen LogP contribution in [-0.4, -0.2) is 19.5 Å². The van der Waals surface area contributed by atoms with E-state index in [1.54, 1.807) is 0 Å². The van der Waals surface area contributed by atoms with Crippen molar-refractivity contribution in [2.75, 3.05) is 0 Å². The monoisotopic (exact) mass is 716 g/mol. The molecule has 0 radical (unpaired) electrons. The minimum absolute atomic E-state index is 0.520. The van der Waals surface area contributed by atoms with Gasteiger partial charge in [0.1, 0.15) is 11.1 Å². The van der Waals surface area contributed by atoms with Crippen LogP contribution >= 0.6 is 0 Å². The first-order valence-corrected chi connectivity index (χ1v) is 18.8. The summed E-state index contributed by atoms with van der Waals surface area (Å²) < 4.78 is 8.81. The summed E-state index contributed by atoms with van der Waals surface area (Å²) in [5.41, 5.74) is 12.1. The highest BCUT2D eigenvalue weighted by Gasteiger charge is 2.22. The zero-order valence-electron chi connectivity index (χ0n) is 30.2. The van der Waals surface area contributed by atoms with Crippen LogP contribution in [0.4, 0.5) is 0 Å². The van der Waals surface area contributed by atoms with Gasteiger partial charge in [-0.2, -0.15) is 9.97 Å². The minimum Gasteiger partial charge on any atom is -0.454 e. The van der Waals surface area contributed by atoms with E-state index in [0.29, 0.717) is 17.6 Å². The fourth-order valence-electron chi connectivity index (χ4n) is 7.96. The van der Waals surface area contributed by atoms with E-state index >= 15 is 0 Å². The summed E-state index contributed by atoms with van der Waals surface area (Å²) in [5, 5.41) is 4.29. The summed E-state index contributed by atoms with van der Waals surface area (Å²) in [5.74, 6) is 1.69. The van der Waals surface area contributed by atoms with E-state index in [-0.39, 0.29) is 0 Å². The van der Waals surface area contributed by atoms with Gasteiger partial charge in [-0.25, -0.2) is 4.98 Å². The molecular formula is C51H32N4O. The Labute approximate surface area is 322 Å². The summed E-state index contributed by atoms with van der Waals surface area (Å²) in [7, 11) is 0. The number of fused-ring (bicyclic) bond motifs is 7. The molecule has 0 saturated carbocycles. The Morgan fingerprint density at radius 2 is 0.821 bits per heavy atom. The van der Waals surface area contributed by atoms with Gasteiger partial charge in [0.25, 0.3) is 0 Å². The number of para-hydroxylation sites is 2. The van der Waals surface area contributed by atoms with Crippen molar-refractivity contribution in [2.45, 2.75) is 0 Å². The molecule has 11 aromatic rings. The summed E-state index contributed by atoms with van der Waals surface area (Å²) in [6.45, 7) is 0. The molecule has 11 rings (SSSR count). The molecule has 0 spiro atoms. The lowest BCUT2D eigenvalue weighted by atomic mass is 9.94. The van der Waals surface area contributed by atoms with Gasteiger partial charge >= 0.3 is 0 Å². The molecule has 0 aliphatic heterocycles. The normalized spacial score (nSPS) is 11.6. The highest BCUT2D eigenvalue weighted by Crippen LogP contribution is 2.40. The van der Waals surface area contributed by atoms with Crippen LogP contribution in [0.25, 0.3) is 106 Å². The molecule has 0 aliphatic rings. The second kappa shape index (κ2) is 13.0. The van der Waals surface area contributed by atoms with Crippen molar-refractivity contribution in [3.05, 3.63) is 194 Å². The predicted molar refractivity (Wildman–Crippen MR) is 229 cm³/mol. The van der Waals surface area contributed by atoms with Crippen LogP contribution in [0.2, 0.25) is 0 Å². The van der Waals surface area contributed by atoms with Gasteiger partial charge in [-0.15, -0.1) is 0 Å². The Kier molecular flexibility index (Phi) is 7.42. The van der Waals surface area contributed by atoms with Gasteiger partial charge in [0.2, 0.25) is 5.95 Å². The summed E-state index contributed by atoms with van der Waals surface area (Å²) in [4.78, 5) is 15.8. The SMILES string of the molecule is c1ccc(-c2ccc(-c3cc(-c4ccccc4)cc(-c4nc(-c5ccccc5)nc(-n5c6ccccc6c6ccc7c8ccccc8oc7c65)n4)c3)cc2)cc1. The van der Waals surface area contributed by atoms with E-state index in [1.165, 1.54) is 11.1 Å². The van der Waals surface area contributed by atoms with Crippen molar-refractivity contribution in [1.82, 2.24) is 19.5 Å². The van der Waals surface area contributed by atoms with E-state index in [1.807, 2.05) is 54.6 Å². The van der Waals surface area contributed by atoms with E-state index in [2.05, 4.69) is 144 Å². The molecule has 3 aromatic heterocycles. The average Bonchev–Trinajstić information content (AvgIpc) is 3.83. The molecule has 0 unspecified atom stereocenters. The number of rotatable bonds is 6. The standard InChI is InChI=1S/C51H32N4O/c1-4-14-33(15-5-1)35-24-26-36(27-25-35)39-30-38(34-16-6-2-7-17-34)31-40(32-39)50-52-49(37-18-8-3-9-19-37)53-51(54-50)55-45-22-12-10-20-41(45)43-28-29-44-42-21-11-13-23-46(42)56-48(44)47(43)55/h1-32H. The van der Waals surface area contributed by atoms with Crippen molar-refractivity contribution in [1.29, 1.82) is 0 Å². The van der Waals surface area contributed by atoms with Crippen LogP contribution in [0, 0.1) is 0 Å². The molecule has 0 N–H and O–H groups in total. The third-order valence-electron chi connectivity index (χ3n) is 10.7. The molecule has 0 atom stereocenters. The second-order valence-electron chi connectivity index (χ2n) is 14.0. The highest BCUT2D eigenvalue weighted by molar-refractivity contribution is 6.21. The lowest BCUT2D eigenvalue weighted by molar-refractivity contribution is 0.670. The Bertz CT molecular complexity index is 3220. The third-order valence-corrected chi connectivity index (χ3v) is 10.7. The minimum atomic E-state index is 0.520. The Balaban J connectivity index is 1.17. The van der Waals surface area contributed by atoms with E-state index in [4.69, 9.17) is 19.4 Å². The lowest BCUT2D eigenvalue weighted by Crippen LogP contribution is -2.06. The van der Waals surface area contributed by atoms with Crippen LogP contribution in [0.5, 0.6) is 0 Å². The van der Waals surface area contributed by atoms with Gasteiger partial charge < -0.3 is 4.42 Å². The highest BCUT2D eigenvalue weighted by atomic mass is 16.3. The van der Waals surface area contributed by atoms with Crippen LogP contribution in [-0.2, 0) is 0 Å². The molecule has 5 heteroatoms. The maximum atomic E-state index is 6.66. The second-order valence-corrected chi connectivity index (χ2v) is 14.0. The van der Waals surface area contributed by atoms with Crippen molar-refractivity contribution >= 4 is 43.7 Å². The molecule has 0 amide bonds. The van der Waals surface area contributed by atoms with E-state index in [0.717, 1.165) is 77.1 Å². The molecule has 5 nitrogen and oxygen atoms in total. The molecule has 0 aliphatic carbocycles. The first-order chi connectivity index (χ1) is 27.7. The molecule has 0 bridgehead atoms. The third kappa shape index (κ3) is 5.37. The van der Waals surface area contributed by atoms with Gasteiger partial charge in [-0.1, -0.05) is 158 Å². The number of benzene rings is 8. The zero-order valence-corrected chi connectivity index (χ0v) is 30.2. The molecule has 8 aromatic carbocycles. The van der Waals surface area contributed by atoms with Crippen molar-refractivity contribution in [2.24, 2.45) is 0 Å². The first kappa shape index (κ1) is 31.9. The smallest absolute Gasteiger partial charge is 0.238 e. The number of aromatic nitrogens is 4. The Morgan fingerprint density at radius 3 is 1.50 bits per heavy atom. The molecule has 3 heterocycles. The number of nitrogens with zero attached hydrogens (tertiary/aromatic N) is 4. The fraction of sp³-hybridized carbons (Fsp3) is 0. The summed E-state index contributed by atoms with van der Waals surface area (Å²) >= 11 is 0. The van der Waals surface area contributed by atoms with Crippen molar-refractivity contribution < 1.29 is 4.42 Å². The molecular weight excluding hydrogens is 685 g/mol. The lowest BCUT2D eigenvalue weighted by Gasteiger charge is -2.14. The largest absolute Gasteiger partial charge is 0.454 e. The first-order valence-electron chi connectivity index (χ1n) is 18.8. The number of hydrogen-bond acceptors (Lipinski definition) is 4. The number of hydrogen-bond donors (Lipinski definition) is 0. The van der Waals surface area contributed by atoms with Gasteiger partial charge in [-0.3, -0.25) is 4.57 Å². The van der Waals surface area contributed by atoms with Crippen LogP contribution in [0.1, 0.15) is 0 Å². The Hall–Kier alpha value is -7.63. The van der Waals surface area contributed by atoms with Crippen molar-refractivity contribution in [3.63, 3.8) is 0 Å². The molecule has 0 fully saturated rings. The molecule has 56 heavy (non-hydrogen) atoms. The van der Waals surface area contributed by atoms with Gasteiger partial charge in [0, 0.05) is 32.7 Å². The average molecular weight is 717 g/mol. The topological polar surface area (TPSA) is 56.7 Å². The maximum Gasteiger partial charge on any atom is 0.238 e. The van der Waals surface area contributed by atoms with E-state index < -0.39 is 0 Å². The fourth-order valence-corrected chi connectivity index (χ4v) is 7.96. The van der Waals surface area contributed by atoms with Gasteiger partial charge in [0.15, 0.2) is 17.2 Å². The summed E-state index contributed by atoms with van der Waals surface area (Å²) in [6, 6.07) is 67.5. The van der Waals surface area contributed by atoms with Crippen LogP contribution < -0.4 is 0 Å². The number of furan rings is 1. The zero-order chi connectivity index (χ0) is 37.0. The Morgan fingerprint density at radius 1 is 0.339 bits per heavy atom. The quantitative estimate of drug-likeness (QED) is 0.172.